The summed E-state index contributed by atoms with van der Waals surface area (Å²) in [5.41, 5.74) is 0. The first-order valence-electron chi connectivity index (χ1n) is 6.45. The summed E-state index contributed by atoms with van der Waals surface area (Å²) in [6, 6.07) is 0. The monoisotopic (exact) mass is 272 g/mol. The van der Waals surface area contributed by atoms with E-state index in [-0.39, 0.29) is 24.5 Å². The molecule has 2 amide bonds. The molecule has 0 aromatic carbocycles. The first-order valence-corrected chi connectivity index (χ1v) is 7.61. The van der Waals surface area contributed by atoms with Crippen molar-refractivity contribution in [2.24, 2.45) is 5.92 Å². The zero-order valence-corrected chi connectivity index (χ0v) is 11.2. The summed E-state index contributed by atoms with van der Waals surface area (Å²) in [6.07, 6.45) is 3.54. The molecule has 2 atom stereocenters. The Morgan fingerprint density at radius 1 is 1.50 bits per heavy atom. The van der Waals surface area contributed by atoms with Crippen molar-refractivity contribution in [2.45, 2.75) is 31.8 Å². The quantitative estimate of drug-likeness (QED) is 0.766. The van der Waals surface area contributed by atoms with Crippen molar-refractivity contribution >= 4 is 23.6 Å². The molecule has 6 heteroatoms. The highest BCUT2D eigenvalue weighted by atomic mass is 32.2. The lowest BCUT2D eigenvalue weighted by Crippen LogP contribution is -2.40. The highest BCUT2D eigenvalue weighted by molar-refractivity contribution is 8.00. The van der Waals surface area contributed by atoms with Gasteiger partial charge in [-0.25, -0.2) is 0 Å². The van der Waals surface area contributed by atoms with E-state index in [0.29, 0.717) is 24.1 Å². The van der Waals surface area contributed by atoms with Crippen LogP contribution < -0.4 is 5.32 Å². The molecule has 2 unspecified atom stereocenters. The van der Waals surface area contributed by atoms with Crippen molar-refractivity contribution in [2.75, 3.05) is 24.7 Å². The summed E-state index contributed by atoms with van der Waals surface area (Å²) < 4.78 is 0. The van der Waals surface area contributed by atoms with E-state index >= 15 is 0 Å². The summed E-state index contributed by atoms with van der Waals surface area (Å²) in [6.45, 7) is 0.784. The fourth-order valence-electron chi connectivity index (χ4n) is 2.48. The minimum Gasteiger partial charge on any atom is -0.393 e. The smallest absolute Gasteiger partial charge is 0.239 e. The second-order valence-electron chi connectivity index (χ2n) is 5.06. The van der Waals surface area contributed by atoms with E-state index in [9.17, 15) is 14.7 Å². The molecular weight excluding hydrogens is 252 g/mol. The first-order chi connectivity index (χ1) is 8.65. The van der Waals surface area contributed by atoms with Crippen LogP contribution in [0.25, 0.3) is 0 Å². The maximum atomic E-state index is 11.7. The second kappa shape index (κ2) is 6.43. The topological polar surface area (TPSA) is 69.6 Å². The van der Waals surface area contributed by atoms with Crippen LogP contribution in [-0.2, 0) is 9.59 Å². The van der Waals surface area contributed by atoms with Crippen molar-refractivity contribution < 1.29 is 14.7 Å². The van der Waals surface area contributed by atoms with Crippen LogP contribution in [0.15, 0.2) is 0 Å². The number of nitrogens with zero attached hydrogens (tertiary/aromatic N) is 1. The van der Waals surface area contributed by atoms with Crippen LogP contribution in [0.4, 0.5) is 0 Å². The predicted molar refractivity (Wildman–Crippen MR) is 70.0 cm³/mol. The average Bonchev–Trinajstić information content (AvgIpc) is 2.73. The van der Waals surface area contributed by atoms with E-state index in [1.165, 1.54) is 0 Å². The SMILES string of the molecule is O=C(CN1CSCC1=O)NCC1CCCC(O)C1. The fourth-order valence-corrected chi connectivity index (χ4v) is 3.38. The van der Waals surface area contributed by atoms with Gasteiger partial charge in [0.2, 0.25) is 11.8 Å². The van der Waals surface area contributed by atoms with Crippen LogP contribution in [-0.4, -0.2) is 52.6 Å². The second-order valence-corrected chi connectivity index (χ2v) is 6.01. The van der Waals surface area contributed by atoms with Gasteiger partial charge in [0, 0.05) is 6.54 Å². The molecule has 1 saturated heterocycles. The molecule has 0 bridgehead atoms. The lowest BCUT2D eigenvalue weighted by Gasteiger charge is -2.26. The van der Waals surface area contributed by atoms with E-state index in [4.69, 9.17) is 0 Å². The van der Waals surface area contributed by atoms with Gasteiger partial charge in [-0.2, -0.15) is 0 Å². The van der Waals surface area contributed by atoms with Crippen LogP contribution in [0.3, 0.4) is 0 Å². The standard InChI is InChI=1S/C12H20N2O3S/c15-10-3-1-2-9(4-10)5-13-11(16)6-14-8-18-7-12(14)17/h9-10,15H,1-8H2,(H,13,16). The molecule has 2 aliphatic rings. The number of aliphatic hydroxyl groups is 1. The number of hydrogen-bond donors (Lipinski definition) is 2. The first kappa shape index (κ1) is 13.7. The Hall–Kier alpha value is -0.750. The number of thioether (sulfide) groups is 1. The molecule has 2 N–H and O–H groups in total. The molecule has 1 heterocycles. The number of rotatable bonds is 4. The van der Waals surface area contributed by atoms with Crippen molar-refractivity contribution in [3.05, 3.63) is 0 Å². The van der Waals surface area contributed by atoms with Crippen LogP contribution in [0, 0.1) is 5.92 Å². The van der Waals surface area contributed by atoms with E-state index < -0.39 is 0 Å². The molecule has 18 heavy (non-hydrogen) atoms. The van der Waals surface area contributed by atoms with Gasteiger partial charge in [-0.3, -0.25) is 9.59 Å². The summed E-state index contributed by atoms with van der Waals surface area (Å²) in [4.78, 5) is 24.6. The lowest BCUT2D eigenvalue weighted by molar-refractivity contribution is -0.132. The molecule has 1 saturated carbocycles. The number of carbonyl (C=O) groups excluding carboxylic acids is 2. The van der Waals surface area contributed by atoms with Gasteiger partial charge in [-0.1, -0.05) is 6.42 Å². The summed E-state index contributed by atoms with van der Waals surface area (Å²) in [5, 5.41) is 12.4. The molecule has 5 nitrogen and oxygen atoms in total. The summed E-state index contributed by atoms with van der Waals surface area (Å²) in [7, 11) is 0. The third-order valence-electron chi connectivity index (χ3n) is 3.50. The molecule has 0 aromatic rings. The van der Waals surface area contributed by atoms with Gasteiger partial charge in [0.05, 0.1) is 17.7 Å². The average molecular weight is 272 g/mol. The van der Waals surface area contributed by atoms with Crippen LogP contribution in [0.2, 0.25) is 0 Å². The Bertz CT molecular complexity index is 324. The van der Waals surface area contributed by atoms with E-state index in [2.05, 4.69) is 5.32 Å². The number of hydrogen-bond acceptors (Lipinski definition) is 4. The minimum absolute atomic E-state index is 0.0447. The highest BCUT2D eigenvalue weighted by Gasteiger charge is 2.24. The minimum atomic E-state index is -0.211. The Labute approximate surface area is 111 Å². The van der Waals surface area contributed by atoms with Gasteiger partial charge < -0.3 is 15.3 Å². The Morgan fingerprint density at radius 3 is 3.00 bits per heavy atom. The van der Waals surface area contributed by atoms with Gasteiger partial charge >= 0.3 is 0 Å². The third kappa shape index (κ3) is 3.88. The largest absolute Gasteiger partial charge is 0.393 e. The zero-order chi connectivity index (χ0) is 13.0. The van der Waals surface area contributed by atoms with Gasteiger partial charge in [0.15, 0.2) is 0 Å². The highest BCUT2D eigenvalue weighted by Crippen LogP contribution is 2.23. The molecule has 102 valence electrons. The van der Waals surface area contributed by atoms with E-state index in [1.807, 2.05) is 0 Å². The number of nitrogens with one attached hydrogen (secondary N) is 1. The molecule has 0 radical (unpaired) electrons. The van der Waals surface area contributed by atoms with Gasteiger partial charge in [0.1, 0.15) is 6.54 Å². The zero-order valence-electron chi connectivity index (χ0n) is 10.4. The normalized spacial score (nSPS) is 28.5. The van der Waals surface area contributed by atoms with Crippen molar-refractivity contribution in [1.29, 1.82) is 0 Å². The Balaban J connectivity index is 1.66. The molecule has 1 aliphatic heterocycles. The summed E-state index contributed by atoms with van der Waals surface area (Å²) in [5.74, 6) is 1.44. The summed E-state index contributed by atoms with van der Waals surface area (Å²) >= 11 is 1.54. The molecule has 2 rings (SSSR count). The van der Waals surface area contributed by atoms with Crippen LogP contribution in [0.1, 0.15) is 25.7 Å². The number of carbonyl (C=O) groups is 2. The third-order valence-corrected chi connectivity index (χ3v) is 4.45. The Kier molecular flexibility index (Phi) is 4.88. The van der Waals surface area contributed by atoms with Gasteiger partial charge in [0.25, 0.3) is 0 Å². The van der Waals surface area contributed by atoms with Gasteiger partial charge in [-0.15, -0.1) is 11.8 Å². The predicted octanol–water partition coefficient (Wildman–Crippen LogP) is 0.187. The lowest BCUT2D eigenvalue weighted by atomic mass is 9.87. The number of aliphatic hydroxyl groups excluding tert-OH is 1. The molecule has 0 aromatic heterocycles. The maximum absolute atomic E-state index is 11.7. The van der Waals surface area contributed by atoms with Crippen LogP contribution >= 0.6 is 11.8 Å². The number of amides is 2. The van der Waals surface area contributed by atoms with Crippen molar-refractivity contribution in [1.82, 2.24) is 10.2 Å². The van der Waals surface area contributed by atoms with Gasteiger partial charge in [-0.05, 0) is 25.2 Å². The maximum Gasteiger partial charge on any atom is 0.239 e. The fraction of sp³-hybridized carbons (Fsp3) is 0.833. The van der Waals surface area contributed by atoms with E-state index in [0.717, 1.165) is 25.7 Å². The molecular formula is C12H20N2O3S. The molecule has 0 spiro atoms. The molecule has 2 fully saturated rings. The van der Waals surface area contributed by atoms with Crippen molar-refractivity contribution in [3.63, 3.8) is 0 Å². The van der Waals surface area contributed by atoms with Crippen LogP contribution in [0.5, 0.6) is 0 Å². The van der Waals surface area contributed by atoms with Crippen molar-refractivity contribution in [3.8, 4) is 0 Å². The van der Waals surface area contributed by atoms with E-state index in [1.54, 1.807) is 16.7 Å². The Morgan fingerprint density at radius 2 is 2.33 bits per heavy atom. The molecule has 1 aliphatic carbocycles.